The summed E-state index contributed by atoms with van der Waals surface area (Å²) in [5.41, 5.74) is 7.31. The molecular formula is C10H10FN3. The van der Waals surface area contributed by atoms with Gasteiger partial charge in [0, 0.05) is 11.8 Å². The molecule has 1 heterocycles. The number of aryl methyl sites for hydroxylation is 1. The lowest BCUT2D eigenvalue weighted by molar-refractivity contribution is 0.627. The Bertz CT molecular complexity index is 425. The average Bonchev–Trinajstić information content (AvgIpc) is 2.48. The van der Waals surface area contributed by atoms with Crippen molar-refractivity contribution in [2.24, 2.45) is 0 Å². The van der Waals surface area contributed by atoms with Crippen LogP contribution in [-0.4, -0.2) is 9.78 Å². The van der Waals surface area contributed by atoms with E-state index >= 15 is 0 Å². The molecule has 1 aromatic carbocycles. The zero-order valence-electron chi connectivity index (χ0n) is 7.74. The lowest BCUT2D eigenvalue weighted by Crippen LogP contribution is -1.95. The SMILES string of the molecule is Cc1cn(-c2ccc(F)cc2)nc1N. The van der Waals surface area contributed by atoms with Crippen LogP contribution in [-0.2, 0) is 0 Å². The molecule has 0 saturated heterocycles. The number of anilines is 1. The third-order valence-electron chi connectivity index (χ3n) is 2.03. The molecule has 0 fully saturated rings. The number of benzene rings is 1. The minimum absolute atomic E-state index is 0.259. The maximum atomic E-state index is 12.6. The molecule has 1 aromatic heterocycles. The van der Waals surface area contributed by atoms with Crippen molar-refractivity contribution in [3.63, 3.8) is 0 Å². The van der Waals surface area contributed by atoms with Gasteiger partial charge >= 0.3 is 0 Å². The second-order valence-corrected chi connectivity index (χ2v) is 3.12. The molecule has 3 nitrogen and oxygen atoms in total. The van der Waals surface area contributed by atoms with Gasteiger partial charge in [0.15, 0.2) is 0 Å². The van der Waals surface area contributed by atoms with E-state index in [0.717, 1.165) is 11.3 Å². The van der Waals surface area contributed by atoms with Crippen LogP contribution >= 0.6 is 0 Å². The average molecular weight is 191 g/mol. The van der Waals surface area contributed by atoms with E-state index in [2.05, 4.69) is 5.10 Å². The van der Waals surface area contributed by atoms with E-state index in [4.69, 9.17) is 5.73 Å². The van der Waals surface area contributed by atoms with Crippen molar-refractivity contribution in [2.75, 3.05) is 5.73 Å². The van der Waals surface area contributed by atoms with Crippen molar-refractivity contribution < 1.29 is 4.39 Å². The van der Waals surface area contributed by atoms with Gasteiger partial charge in [-0.15, -0.1) is 0 Å². The lowest BCUT2D eigenvalue weighted by atomic mass is 10.3. The van der Waals surface area contributed by atoms with Gasteiger partial charge in [0.05, 0.1) is 5.69 Å². The summed E-state index contributed by atoms with van der Waals surface area (Å²) in [6, 6.07) is 6.09. The summed E-state index contributed by atoms with van der Waals surface area (Å²) in [5, 5.41) is 4.08. The van der Waals surface area contributed by atoms with Crippen LogP contribution in [0.2, 0.25) is 0 Å². The molecule has 4 heteroatoms. The van der Waals surface area contributed by atoms with Crippen molar-refractivity contribution >= 4 is 5.82 Å². The van der Waals surface area contributed by atoms with Crippen LogP contribution in [0.25, 0.3) is 5.69 Å². The predicted molar refractivity (Wildman–Crippen MR) is 52.7 cm³/mol. The molecule has 0 aliphatic carbocycles. The molecule has 0 spiro atoms. The molecule has 2 N–H and O–H groups in total. The zero-order valence-corrected chi connectivity index (χ0v) is 7.74. The van der Waals surface area contributed by atoms with Gasteiger partial charge in [0.25, 0.3) is 0 Å². The highest BCUT2D eigenvalue weighted by Gasteiger charge is 2.02. The Hall–Kier alpha value is -1.84. The summed E-state index contributed by atoms with van der Waals surface area (Å²) in [4.78, 5) is 0. The first-order valence-electron chi connectivity index (χ1n) is 4.24. The Morgan fingerprint density at radius 1 is 1.29 bits per heavy atom. The van der Waals surface area contributed by atoms with Gasteiger partial charge in [-0.25, -0.2) is 9.07 Å². The van der Waals surface area contributed by atoms with Crippen molar-refractivity contribution in [3.05, 3.63) is 41.8 Å². The van der Waals surface area contributed by atoms with Crippen molar-refractivity contribution in [2.45, 2.75) is 6.92 Å². The molecule has 0 saturated carbocycles. The molecule has 2 rings (SSSR count). The fourth-order valence-corrected chi connectivity index (χ4v) is 1.20. The van der Waals surface area contributed by atoms with Gasteiger partial charge in [0.2, 0.25) is 0 Å². The normalized spacial score (nSPS) is 10.4. The quantitative estimate of drug-likeness (QED) is 0.748. The number of halogens is 1. The standard InChI is InChI=1S/C10H10FN3/c1-7-6-14(13-10(7)12)9-4-2-8(11)3-5-9/h2-6H,1H3,(H2,12,13). The van der Waals surface area contributed by atoms with E-state index in [0.29, 0.717) is 5.82 Å². The second kappa shape index (κ2) is 3.14. The molecule has 0 aliphatic heterocycles. The molecular weight excluding hydrogens is 181 g/mol. The molecule has 0 bridgehead atoms. The van der Waals surface area contributed by atoms with Gasteiger partial charge in [-0.3, -0.25) is 0 Å². The maximum Gasteiger partial charge on any atom is 0.148 e. The highest BCUT2D eigenvalue weighted by Crippen LogP contribution is 2.13. The topological polar surface area (TPSA) is 43.8 Å². The van der Waals surface area contributed by atoms with Crippen LogP contribution in [0.1, 0.15) is 5.56 Å². The summed E-state index contributed by atoms with van der Waals surface area (Å²) < 4.78 is 14.3. The lowest BCUT2D eigenvalue weighted by Gasteiger charge is -1.99. The number of hydrogen-bond acceptors (Lipinski definition) is 2. The monoisotopic (exact) mass is 191 g/mol. The van der Waals surface area contributed by atoms with Gasteiger partial charge in [-0.2, -0.15) is 5.10 Å². The highest BCUT2D eigenvalue weighted by atomic mass is 19.1. The summed E-state index contributed by atoms with van der Waals surface area (Å²) in [7, 11) is 0. The first kappa shape index (κ1) is 8.74. The predicted octanol–water partition coefficient (Wildman–Crippen LogP) is 1.90. The van der Waals surface area contributed by atoms with Gasteiger partial charge in [0.1, 0.15) is 11.6 Å². The summed E-state index contributed by atoms with van der Waals surface area (Å²) in [6.45, 7) is 1.88. The third-order valence-corrected chi connectivity index (χ3v) is 2.03. The molecule has 0 aliphatic rings. The first-order chi connectivity index (χ1) is 6.66. The molecule has 0 radical (unpaired) electrons. The second-order valence-electron chi connectivity index (χ2n) is 3.12. The number of aromatic nitrogens is 2. The van der Waals surface area contributed by atoms with E-state index in [1.807, 2.05) is 13.1 Å². The summed E-state index contributed by atoms with van der Waals surface area (Å²) in [5.74, 6) is 0.236. The van der Waals surface area contributed by atoms with E-state index in [1.54, 1.807) is 16.8 Å². The zero-order chi connectivity index (χ0) is 10.1. The van der Waals surface area contributed by atoms with Crippen LogP contribution < -0.4 is 5.73 Å². The number of rotatable bonds is 1. The highest BCUT2D eigenvalue weighted by molar-refractivity contribution is 5.40. The Kier molecular flexibility index (Phi) is 1.96. The van der Waals surface area contributed by atoms with E-state index in [1.165, 1.54) is 12.1 Å². The summed E-state index contributed by atoms with van der Waals surface area (Å²) >= 11 is 0. The van der Waals surface area contributed by atoms with E-state index < -0.39 is 0 Å². The number of hydrogen-bond donors (Lipinski definition) is 1. The van der Waals surface area contributed by atoms with Crippen LogP contribution in [0.5, 0.6) is 0 Å². The van der Waals surface area contributed by atoms with Gasteiger partial charge < -0.3 is 5.73 Å². The fourth-order valence-electron chi connectivity index (χ4n) is 1.20. The Morgan fingerprint density at radius 3 is 2.43 bits per heavy atom. The third kappa shape index (κ3) is 1.46. The van der Waals surface area contributed by atoms with Crippen molar-refractivity contribution in [1.29, 1.82) is 0 Å². The maximum absolute atomic E-state index is 12.6. The molecule has 0 unspecified atom stereocenters. The number of nitrogen functional groups attached to an aromatic ring is 1. The van der Waals surface area contributed by atoms with E-state index in [-0.39, 0.29) is 5.82 Å². The van der Waals surface area contributed by atoms with Crippen LogP contribution in [0.4, 0.5) is 10.2 Å². The number of nitrogens with two attached hydrogens (primary N) is 1. The van der Waals surface area contributed by atoms with Gasteiger partial charge in [-0.05, 0) is 31.2 Å². The van der Waals surface area contributed by atoms with E-state index in [9.17, 15) is 4.39 Å². The smallest absolute Gasteiger partial charge is 0.148 e. The molecule has 0 amide bonds. The largest absolute Gasteiger partial charge is 0.382 e. The van der Waals surface area contributed by atoms with Crippen LogP contribution in [0.3, 0.4) is 0 Å². The van der Waals surface area contributed by atoms with Crippen LogP contribution in [0, 0.1) is 12.7 Å². The minimum atomic E-state index is -0.259. The summed E-state index contributed by atoms with van der Waals surface area (Å²) in [6.07, 6.45) is 1.81. The Labute approximate surface area is 81.0 Å². The van der Waals surface area contributed by atoms with Crippen LogP contribution in [0.15, 0.2) is 30.5 Å². The van der Waals surface area contributed by atoms with Crippen molar-refractivity contribution in [3.8, 4) is 5.69 Å². The van der Waals surface area contributed by atoms with Gasteiger partial charge in [-0.1, -0.05) is 0 Å². The molecule has 72 valence electrons. The Balaban J connectivity index is 2.44. The Morgan fingerprint density at radius 2 is 1.93 bits per heavy atom. The first-order valence-corrected chi connectivity index (χ1v) is 4.24. The van der Waals surface area contributed by atoms with Crippen molar-refractivity contribution in [1.82, 2.24) is 9.78 Å². The molecule has 2 aromatic rings. The fraction of sp³-hybridized carbons (Fsp3) is 0.100. The number of nitrogens with zero attached hydrogens (tertiary/aromatic N) is 2. The molecule has 14 heavy (non-hydrogen) atoms. The minimum Gasteiger partial charge on any atom is -0.382 e. The molecule has 0 atom stereocenters.